The van der Waals surface area contributed by atoms with Gasteiger partial charge in [0.1, 0.15) is 6.04 Å². The molecule has 0 aromatic rings. The summed E-state index contributed by atoms with van der Waals surface area (Å²) in [6, 6.07) is -0.463. The Morgan fingerprint density at radius 3 is 2.43 bits per heavy atom. The molecular weight excluding hydrogens is 270 g/mol. The Kier molecular flexibility index (Phi) is 8.87. The van der Waals surface area contributed by atoms with E-state index in [0.29, 0.717) is 26.2 Å². The molecule has 0 bridgehead atoms. The van der Waals surface area contributed by atoms with Gasteiger partial charge in [0.25, 0.3) is 0 Å². The van der Waals surface area contributed by atoms with Crippen molar-refractivity contribution in [3.63, 3.8) is 0 Å². The van der Waals surface area contributed by atoms with Crippen molar-refractivity contribution in [2.24, 2.45) is 0 Å². The third kappa shape index (κ3) is 6.36. The molecule has 1 atom stereocenters. The first kappa shape index (κ1) is 17.8. The van der Waals surface area contributed by atoms with Crippen molar-refractivity contribution >= 4 is 12.1 Å². The van der Waals surface area contributed by atoms with E-state index in [1.165, 1.54) is 0 Å². The van der Waals surface area contributed by atoms with Gasteiger partial charge >= 0.3 is 12.1 Å². The fourth-order valence-corrected chi connectivity index (χ4v) is 2.40. The maximum Gasteiger partial charge on any atom is 0.410 e. The van der Waals surface area contributed by atoms with Crippen molar-refractivity contribution < 1.29 is 19.1 Å². The Hall–Kier alpha value is -1.26. The van der Waals surface area contributed by atoms with Gasteiger partial charge in [-0.05, 0) is 32.1 Å². The molecule has 1 fully saturated rings. The molecule has 0 spiro atoms. The van der Waals surface area contributed by atoms with E-state index in [2.05, 4.69) is 6.92 Å². The van der Waals surface area contributed by atoms with Crippen LogP contribution in [0.15, 0.2) is 0 Å². The van der Waals surface area contributed by atoms with Crippen molar-refractivity contribution in [1.29, 1.82) is 0 Å². The predicted molar refractivity (Wildman–Crippen MR) is 81.1 cm³/mol. The van der Waals surface area contributed by atoms with Gasteiger partial charge in [0.2, 0.25) is 0 Å². The van der Waals surface area contributed by atoms with E-state index in [1.807, 2.05) is 6.92 Å². The average Bonchev–Trinajstić information content (AvgIpc) is 2.51. The molecule has 1 amide bonds. The summed E-state index contributed by atoms with van der Waals surface area (Å²) in [7, 11) is 0. The van der Waals surface area contributed by atoms with Crippen molar-refractivity contribution in [2.45, 2.75) is 71.3 Å². The molecule has 0 aromatic carbocycles. The zero-order valence-electron chi connectivity index (χ0n) is 13.4. The van der Waals surface area contributed by atoms with Gasteiger partial charge in [0.05, 0.1) is 13.2 Å². The van der Waals surface area contributed by atoms with Crippen molar-refractivity contribution in [2.75, 3.05) is 19.8 Å². The maximum atomic E-state index is 12.1. The van der Waals surface area contributed by atoms with Gasteiger partial charge in [-0.1, -0.05) is 33.1 Å². The van der Waals surface area contributed by atoms with E-state index in [0.717, 1.165) is 44.9 Å². The number of rotatable bonds is 8. The Balaban J connectivity index is 2.43. The summed E-state index contributed by atoms with van der Waals surface area (Å²) in [6.07, 6.45) is 7.04. The molecule has 122 valence electrons. The van der Waals surface area contributed by atoms with E-state index in [1.54, 1.807) is 4.90 Å². The zero-order valence-corrected chi connectivity index (χ0v) is 13.4. The highest BCUT2D eigenvalue weighted by atomic mass is 16.6. The molecule has 21 heavy (non-hydrogen) atoms. The second kappa shape index (κ2) is 10.5. The Morgan fingerprint density at radius 2 is 1.71 bits per heavy atom. The molecule has 0 N–H and O–H groups in total. The van der Waals surface area contributed by atoms with Crippen molar-refractivity contribution in [1.82, 2.24) is 4.90 Å². The summed E-state index contributed by atoms with van der Waals surface area (Å²) < 4.78 is 10.5. The van der Waals surface area contributed by atoms with E-state index < -0.39 is 6.04 Å². The first-order chi connectivity index (χ1) is 10.2. The second-order valence-electron chi connectivity index (χ2n) is 5.55. The lowest BCUT2D eigenvalue weighted by Gasteiger charge is -2.33. The average molecular weight is 299 g/mol. The van der Waals surface area contributed by atoms with Crippen LogP contribution in [0.5, 0.6) is 0 Å². The fraction of sp³-hybridized carbons (Fsp3) is 0.875. The third-order valence-electron chi connectivity index (χ3n) is 3.73. The zero-order chi connectivity index (χ0) is 15.5. The van der Waals surface area contributed by atoms with Crippen LogP contribution in [0.3, 0.4) is 0 Å². The number of carbonyl (C=O) groups excluding carboxylic acids is 2. The highest BCUT2D eigenvalue weighted by molar-refractivity contribution is 5.81. The van der Waals surface area contributed by atoms with E-state index in [-0.39, 0.29) is 12.1 Å². The lowest BCUT2D eigenvalue weighted by atomic mass is 10.0. The molecule has 1 rings (SSSR count). The van der Waals surface area contributed by atoms with Crippen LogP contribution in [0.4, 0.5) is 4.79 Å². The molecule has 1 unspecified atom stereocenters. The van der Waals surface area contributed by atoms with Gasteiger partial charge in [-0.25, -0.2) is 9.59 Å². The van der Waals surface area contributed by atoms with Crippen LogP contribution < -0.4 is 0 Å². The largest absolute Gasteiger partial charge is 0.464 e. The number of unbranched alkanes of at least 4 members (excludes halogenated alkanes) is 3. The predicted octanol–water partition coefficient (Wildman–Crippen LogP) is 3.51. The number of hydrogen-bond acceptors (Lipinski definition) is 4. The van der Waals surface area contributed by atoms with Crippen LogP contribution in [0.25, 0.3) is 0 Å². The quantitative estimate of drug-likeness (QED) is 0.508. The molecule has 0 saturated carbocycles. The van der Waals surface area contributed by atoms with Gasteiger partial charge in [-0.15, -0.1) is 0 Å². The summed E-state index contributed by atoms with van der Waals surface area (Å²) in [5.74, 6) is -0.279. The normalized spacial score (nSPS) is 18.4. The number of amides is 1. The Bertz CT molecular complexity index is 319. The highest BCUT2D eigenvalue weighted by Gasteiger charge is 2.34. The number of carbonyl (C=O) groups is 2. The van der Waals surface area contributed by atoms with E-state index in [4.69, 9.17) is 9.47 Å². The number of hydrogen-bond donors (Lipinski definition) is 0. The number of piperidine rings is 1. The number of ether oxygens (including phenoxy) is 2. The van der Waals surface area contributed by atoms with Gasteiger partial charge in [0.15, 0.2) is 0 Å². The summed E-state index contributed by atoms with van der Waals surface area (Å²) in [5, 5.41) is 0. The molecule has 5 heteroatoms. The minimum atomic E-state index is -0.463. The molecule has 0 aliphatic carbocycles. The monoisotopic (exact) mass is 299 g/mol. The number of nitrogens with zero attached hydrogens (tertiary/aromatic N) is 1. The van der Waals surface area contributed by atoms with Gasteiger partial charge in [-0.3, -0.25) is 4.90 Å². The molecule has 1 aliphatic heterocycles. The van der Waals surface area contributed by atoms with Gasteiger partial charge in [-0.2, -0.15) is 0 Å². The molecule has 5 nitrogen and oxygen atoms in total. The van der Waals surface area contributed by atoms with Crippen LogP contribution in [0.2, 0.25) is 0 Å². The number of esters is 1. The third-order valence-corrected chi connectivity index (χ3v) is 3.73. The Morgan fingerprint density at radius 1 is 1.00 bits per heavy atom. The molecule has 0 radical (unpaired) electrons. The van der Waals surface area contributed by atoms with Crippen LogP contribution in [0, 0.1) is 0 Å². The molecule has 0 aromatic heterocycles. The SMILES string of the molecule is CCCCCOC(=O)C1CCCCN1C(=O)OCCCC. The van der Waals surface area contributed by atoms with E-state index in [9.17, 15) is 9.59 Å². The smallest absolute Gasteiger partial charge is 0.410 e. The minimum absolute atomic E-state index is 0.279. The lowest BCUT2D eigenvalue weighted by Crippen LogP contribution is -2.49. The van der Waals surface area contributed by atoms with E-state index >= 15 is 0 Å². The van der Waals surface area contributed by atoms with Crippen LogP contribution in [-0.4, -0.2) is 42.8 Å². The van der Waals surface area contributed by atoms with Crippen LogP contribution in [0.1, 0.15) is 65.2 Å². The standard InChI is InChI=1S/C16H29NO4/c1-3-5-9-13-20-15(18)14-10-7-8-11-17(14)16(19)21-12-6-4-2/h14H,3-13H2,1-2H3. The fourth-order valence-electron chi connectivity index (χ4n) is 2.40. The van der Waals surface area contributed by atoms with Crippen LogP contribution >= 0.6 is 0 Å². The summed E-state index contributed by atoms with van der Waals surface area (Å²) in [6.45, 7) is 5.61. The maximum absolute atomic E-state index is 12.1. The summed E-state index contributed by atoms with van der Waals surface area (Å²) >= 11 is 0. The number of likely N-dealkylation sites (tertiary alicyclic amines) is 1. The molecule has 1 heterocycles. The molecular formula is C16H29NO4. The van der Waals surface area contributed by atoms with Crippen molar-refractivity contribution in [3.8, 4) is 0 Å². The van der Waals surface area contributed by atoms with Crippen molar-refractivity contribution in [3.05, 3.63) is 0 Å². The first-order valence-corrected chi connectivity index (χ1v) is 8.30. The van der Waals surface area contributed by atoms with Crippen LogP contribution in [-0.2, 0) is 14.3 Å². The molecule has 1 saturated heterocycles. The lowest BCUT2D eigenvalue weighted by molar-refractivity contribution is -0.150. The molecule has 1 aliphatic rings. The highest BCUT2D eigenvalue weighted by Crippen LogP contribution is 2.19. The Labute approximate surface area is 128 Å². The summed E-state index contributed by atoms with van der Waals surface area (Å²) in [5.41, 5.74) is 0. The first-order valence-electron chi connectivity index (χ1n) is 8.30. The topological polar surface area (TPSA) is 55.8 Å². The van der Waals surface area contributed by atoms with Gasteiger partial charge < -0.3 is 9.47 Å². The summed E-state index contributed by atoms with van der Waals surface area (Å²) in [4.78, 5) is 25.7. The van der Waals surface area contributed by atoms with Gasteiger partial charge in [0, 0.05) is 6.54 Å². The second-order valence-corrected chi connectivity index (χ2v) is 5.55. The minimum Gasteiger partial charge on any atom is -0.464 e.